The van der Waals surface area contributed by atoms with Crippen molar-refractivity contribution in [1.82, 2.24) is 0 Å². The summed E-state index contributed by atoms with van der Waals surface area (Å²) in [7, 11) is 0. The molecular weight excluding hydrogens is 134 g/mol. The van der Waals surface area contributed by atoms with Crippen molar-refractivity contribution in [2.45, 2.75) is 26.7 Å². The van der Waals surface area contributed by atoms with Gasteiger partial charge in [0.25, 0.3) is 0 Å². The molecular formula is C8H12F2. The molecule has 0 aromatic heterocycles. The SMILES string of the molecule is C/C=C(\F)CC/C(F)=C/C. The molecule has 0 N–H and O–H groups in total. The van der Waals surface area contributed by atoms with E-state index in [1.165, 1.54) is 12.2 Å². The lowest BCUT2D eigenvalue weighted by Crippen LogP contribution is -1.76. The topological polar surface area (TPSA) is 0 Å². The third-order valence-corrected chi connectivity index (χ3v) is 1.23. The van der Waals surface area contributed by atoms with Gasteiger partial charge in [0.05, 0.1) is 11.7 Å². The summed E-state index contributed by atoms with van der Waals surface area (Å²) >= 11 is 0. The van der Waals surface area contributed by atoms with E-state index in [2.05, 4.69) is 0 Å². The lowest BCUT2D eigenvalue weighted by molar-refractivity contribution is 0.535. The van der Waals surface area contributed by atoms with Crippen LogP contribution in [0.2, 0.25) is 0 Å². The van der Waals surface area contributed by atoms with Crippen LogP contribution in [0.25, 0.3) is 0 Å². The highest BCUT2D eigenvalue weighted by Gasteiger charge is 1.95. The fourth-order valence-electron chi connectivity index (χ4n) is 0.528. The number of hydrogen-bond donors (Lipinski definition) is 0. The molecule has 10 heavy (non-hydrogen) atoms. The monoisotopic (exact) mass is 146 g/mol. The van der Waals surface area contributed by atoms with Gasteiger partial charge in [-0.1, -0.05) is 12.2 Å². The lowest BCUT2D eigenvalue weighted by atomic mass is 10.2. The predicted molar refractivity (Wildman–Crippen MR) is 39.0 cm³/mol. The summed E-state index contributed by atoms with van der Waals surface area (Å²) in [5.74, 6) is -0.506. The van der Waals surface area contributed by atoms with Crippen molar-refractivity contribution < 1.29 is 8.78 Å². The van der Waals surface area contributed by atoms with Gasteiger partial charge in [0.2, 0.25) is 0 Å². The van der Waals surface area contributed by atoms with E-state index >= 15 is 0 Å². The van der Waals surface area contributed by atoms with Crippen molar-refractivity contribution in [3.8, 4) is 0 Å². The van der Waals surface area contributed by atoms with Gasteiger partial charge in [-0.2, -0.15) is 0 Å². The molecule has 0 radical (unpaired) electrons. The summed E-state index contributed by atoms with van der Waals surface area (Å²) < 4.78 is 24.6. The summed E-state index contributed by atoms with van der Waals surface area (Å²) in [6.07, 6.45) is 3.05. The second kappa shape index (κ2) is 5.15. The summed E-state index contributed by atoms with van der Waals surface area (Å²) in [6.45, 7) is 3.20. The highest BCUT2D eigenvalue weighted by atomic mass is 19.1. The number of halogens is 2. The van der Waals surface area contributed by atoms with E-state index in [4.69, 9.17) is 0 Å². The van der Waals surface area contributed by atoms with Crippen molar-refractivity contribution in [3.63, 3.8) is 0 Å². The van der Waals surface area contributed by atoms with Crippen LogP contribution >= 0.6 is 0 Å². The Hall–Kier alpha value is -0.660. The lowest BCUT2D eigenvalue weighted by Gasteiger charge is -1.93. The second-order valence-electron chi connectivity index (χ2n) is 1.97. The Morgan fingerprint density at radius 1 is 1.00 bits per heavy atom. The molecule has 0 aliphatic heterocycles. The fraction of sp³-hybridized carbons (Fsp3) is 0.500. The third kappa shape index (κ3) is 4.24. The molecule has 0 rings (SSSR count). The molecule has 0 bridgehead atoms. The first-order valence-electron chi connectivity index (χ1n) is 3.32. The standard InChI is InChI=1S/C8H12F2/c1-3-7(9)5-6-8(10)4-2/h3-4H,5-6H2,1-2H3/b7-3-,8-4-. The average molecular weight is 146 g/mol. The molecule has 0 nitrogen and oxygen atoms in total. The first kappa shape index (κ1) is 9.34. The summed E-state index contributed by atoms with van der Waals surface area (Å²) in [5.41, 5.74) is 0. The van der Waals surface area contributed by atoms with Crippen LogP contribution in [0.5, 0.6) is 0 Å². The molecule has 0 aliphatic rings. The highest BCUT2D eigenvalue weighted by Crippen LogP contribution is 2.12. The van der Waals surface area contributed by atoms with Crippen molar-refractivity contribution in [2.24, 2.45) is 0 Å². The maximum absolute atomic E-state index is 12.3. The first-order chi connectivity index (χ1) is 4.70. The van der Waals surface area contributed by atoms with E-state index < -0.39 is 0 Å². The molecule has 0 aromatic carbocycles. The highest BCUT2D eigenvalue weighted by molar-refractivity contribution is 4.96. The zero-order valence-electron chi connectivity index (χ0n) is 6.32. The van der Waals surface area contributed by atoms with Gasteiger partial charge in [-0.25, -0.2) is 8.78 Å². The van der Waals surface area contributed by atoms with Gasteiger partial charge >= 0.3 is 0 Å². The maximum atomic E-state index is 12.3. The Bertz CT molecular complexity index is 127. The Kier molecular flexibility index (Phi) is 4.81. The fourth-order valence-corrected chi connectivity index (χ4v) is 0.528. The van der Waals surface area contributed by atoms with Crippen molar-refractivity contribution in [1.29, 1.82) is 0 Å². The Morgan fingerprint density at radius 3 is 1.50 bits per heavy atom. The van der Waals surface area contributed by atoms with Gasteiger partial charge in [0.15, 0.2) is 0 Å². The van der Waals surface area contributed by atoms with Gasteiger partial charge in [0, 0.05) is 12.8 Å². The summed E-state index contributed by atoms with van der Waals surface area (Å²) in [6, 6.07) is 0. The zero-order valence-corrected chi connectivity index (χ0v) is 6.32. The largest absolute Gasteiger partial charge is 0.212 e. The van der Waals surface area contributed by atoms with E-state index in [9.17, 15) is 8.78 Å². The van der Waals surface area contributed by atoms with Crippen LogP contribution in [0.4, 0.5) is 8.78 Å². The molecule has 58 valence electrons. The minimum Gasteiger partial charge on any atom is -0.212 e. The van der Waals surface area contributed by atoms with Crippen molar-refractivity contribution in [3.05, 3.63) is 23.8 Å². The van der Waals surface area contributed by atoms with Crippen LogP contribution in [0.1, 0.15) is 26.7 Å². The van der Waals surface area contributed by atoms with Crippen molar-refractivity contribution in [2.75, 3.05) is 0 Å². The molecule has 0 fully saturated rings. The van der Waals surface area contributed by atoms with Crippen LogP contribution < -0.4 is 0 Å². The van der Waals surface area contributed by atoms with Gasteiger partial charge in [0.1, 0.15) is 0 Å². The summed E-state index contributed by atoms with van der Waals surface area (Å²) in [4.78, 5) is 0. The van der Waals surface area contributed by atoms with E-state index in [-0.39, 0.29) is 24.5 Å². The van der Waals surface area contributed by atoms with Crippen LogP contribution in [-0.2, 0) is 0 Å². The number of hydrogen-bond acceptors (Lipinski definition) is 0. The van der Waals surface area contributed by atoms with Gasteiger partial charge in [-0.15, -0.1) is 0 Å². The third-order valence-electron chi connectivity index (χ3n) is 1.23. The number of rotatable bonds is 3. The first-order valence-corrected chi connectivity index (χ1v) is 3.32. The van der Waals surface area contributed by atoms with Crippen LogP contribution in [0, 0.1) is 0 Å². The molecule has 0 unspecified atom stereocenters. The Morgan fingerprint density at radius 2 is 1.30 bits per heavy atom. The van der Waals surface area contributed by atoms with Crippen LogP contribution in [-0.4, -0.2) is 0 Å². The van der Waals surface area contributed by atoms with E-state index in [1.54, 1.807) is 13.8 Å². The smallest absolute Gasteiger partial charge is 0.0961 e. The van der Waals surface area contributed by atoms with E-state index in [1.807, 2.05) is 0 Å². The molecule has 0 saturated heterocycles. The molecule has 0 aliphatic carbocycles. The Balaban J connectivity index is 3.56. The summed E-state index contributed by atoms with van der Waals surface area (Å²) in [5, 5.41) is 0. The molecule has 0 atom stereocenters. The molecule has 0 heterocycles. The second-order valence-corrected chi connectivity index (χ2v) is 1.97. The zero-order chi connectivity index (χ0) is 7.98. The molecule has 2 heteroatoms. The van der Waals surface area contributed by atoms with Crippen LogP contribution in [0.15, 0.2) is 23.8 Å². The van der Waals surface area contributed by atoms with E-state index in [0.29, 0.717) is 0 Å². The molecule has 0 saturated carbocycles. The van der Waals surface area contributed by atoms with Gasteiger partial charge in [-0.3, -0.25) is 0 Å². The average Bonchev–Trinajstić information content (AvgIpc) is 1.99. The minimum atomic E-state index is -0.253. The van der Waals surface area contributed by atoms with Crippen molar-refractivity contribution >= 4 is 0 Å². The molecule has 0 amide bonds. The Labute approximate surface area is 60.2 Å². The van der Waals surface area contributed by atoms with Gasteiger partial charge < -0.3 is 0 Å². The number of allylic oxidation sites excluding steroid dienone is 4. The van der Waals surface area contributed by atoms with E-state index in [0.717, 1.165) is 0 Å². The maximum Gasteiger partial charge on any atom is 0.0961 e. The molecule has 0 spiro atoms. The normalized spacial score (nSPS) is 14.0. The van der Waals surface area contributed by atoms with Crippen LogP contribution in [0.3, 0.4) is 0 Å². The predicted octanol–water partition coefficient (Wildman–Crippen LogP) is 3.51. The quantitative estimate of drug-likeness (QED) is 0.571. The minimum absolute atomic E-state index is 0.173. The van der Waals surface area contributed by atoms with Gasteiger partial charge in [-0.05, 0) is 13.8 Å². The molecule has 0 aromatic rings.